The molecule has 0 amide bonds. The predicted molar refractivity (Wildman–Crippen MR) is 67.1 cm³/mol. The molecule has 4 nitrogen and oxygen atoms in total. The molecule has 86 valence electrons. The maximum atomic E-state index is 5.94. The average Bonchev–Trinajstić information content (AvgIpc) is 2.84. The molecule has 2 N–H and O–H groups in total. The zero-order chi connectivity index (χ0) is 11.7. The fourth-order valence-corrected chi connectivity index (χ4v) is 2.51. The summed E-state index contributed by atoms with van der Waals surface area (Å²) in [7, 11) is 0. The summed E-state index contributed by atoms with van der Waals surface area (Å²) >= 11 is 4.95. The highest BCUT2D eigenvalue weighted by Gasteiger charge is 2.18. The monoisotopic (exact) mass is 301 g/mol. The van der Waals surface area contributed by atoms with Crippen LogP contribution in [0.1, 0.15) is 25.7 Å². The largest absolute Gasteiger partial charge is 0.333 e. The van der Waals surface area contributed by atoms with Gasteiger partial charge in [0.1, 0.15) is 0 Å². The highest BCUT2D eigenvalue weighted by atomic mass is 79.9. The summed E-state index contributed by atoms with van der Waals surface area (Å²) < 4.78 is 6.22. The van der Waals surface area contributed by atoms with Crippen LogP contribution in [0.4, 0.5) is 0 Å². The number of rotatable bonds is 3. The second-order valence-corrected chi connectivity index (χ2v) is 6.29. The van der Waals surface area contributed by atoms with E-state index >= 15 is 0 Å². The molecule has 0 spiro atoms. The Kier molecular flexibility index (Phi) is 3.41. The second kappa shape index (κ2) is 4.65. The lowest BCUT2D eigenvalue weighted by Gasteiger charge is -2.09. The van der Waals surface area contributed by atoms with Crippen LogP contribution in [0.25, 0.3) is 10.8 Å². The van der Waals surface area contributed by atoms with Gasteiger partial charge in [-0.1, -0.05) is 19.0 Å². The third-order valence-electron chi connectivity index (χ3n) is 2.24. The summed E-state index contributed by atoms with van der Waals surface area (Å²) in [5.74, 6) is 1.39. The maximum Gasteiger partial charge on any atom is 0.268 e. The van der Waals surface area contributed by atoms with Crippen LogP contribution in [-0.2, 0) is 0 Å². The van der Waals surface area contributed by atoms with Gasteiger partial charge in [-0.05, 0) is 34.0 Å². The molecule has 1 atom stereocenters. The lowest BCUT2D eigenvalue weighted by atomic mass is 10.1. The maximum absolute atomic E-state index is 5.94. The van der Waals surface area contributed by atoms with Crippen molar-refractivity contribution < 1.29 is 4.52 Å². The molecule has 0 aromatic carbocycles. The Bertz CT molecular complexity index is 480. The number of nitrogens with two attached hydrogens (primary N) is 1. The van der Waals surface area contributed by atoms with E-state index in [-0.39, 0.29) is 6.04 Å². The van der Waals surface area contributed by atoms with E-state index in [0.29, 0.717) is 17.6 Å². The minimum atomic E-state index is -0.180. The van der Waals surface area contributed by atoms with E-state index < -0.39 is 0 Å². The number of nitrogens with zero attached hydrogens (tertiary/aromatic N) is 2. The Labute approximate surface area is 106 Å². The summed E-state index contributed by atoms with van der Waals surface area (Å²) in [4.78, 5) is 5.25. The van der Waals surface area contributed by atoms with Crippen molar-refractivity contribution in [3.8, 4) is 10.8 Å². The number of thiophene rings is 1. The van der Waals surface area contributed by atoms with Crippen LogP contribution in [0, 0.1) is 5.92 Å². The highest BCUT2D eigenvalue weighted by molar-refractivity contribution is 9.11. The van der Waals surface area contributed by atoms with Crippen molar-refractivity contribution in [2.45, 2.75) is 19.9 Å². The Morgan fingerprint density at radius 2 is 2.19 bits per heavy atom. The van der Waals surface area contributed by atoms with Crippen LogP contribution >= 0.6 is 27.3 Å². The van der Waals surface area contributed by atoms with E-state index in [2.05, 4.69) is 26.1 Å². The molecule has 0 saturated heterocycles. The normalized spacial score (nSPS) is 13.3. The van der Waals surface area contributed by atoms with Gasteiger partial charge in [0.25, 0.3) is 5.89 Å². The van der Waals surface area contributed by atoms with E-state index in [1.165, 1.54) is 0 Å². The van der Waals surface area contributed by atoms with Crippen LogP contribution < -0.4 is 5.73 Å². The Morgan fingerprint density at radius 1 is 1.44 bits per heavy atom. The zero-order valence-electron chi connectivity index (χ0n) is 8.98. The fourth-order valence-electron chi connectivity index (χ4n) is 1.20. The van der Waals surface area contributed by atoms with Crippen LogP contribution in [0.15, 0.2) is 20.4 Å². The molecule has 2 heterocycles. The van der Waals surface area contributed by atoms with Gasteiger partial charge in [-0.3, -0.25) is 0 Å². The number of hydrogen-bond acceptors (Lipinski definition) is 5. The van der Waals surface area contributed by atoms with Gasteiger partial charge in [0.05, 0.1) is 14.7 Å². The van der Waals surface area contributed by atoms with Gasteiger partial charge in [0, 0.05) is 0 Å². The topological polar surface area (TPSA) is 64.9 Å². The Balaban J connectivity index is 2.26. The molecule has 0 aliphatic rings. The van der Waals surface area contributed by atoms with Crippen molar-refractivity contribution >= 4 is 27.3 Å². The summed E-state index contributed by atoms with van der Waals surface area (Å²) in [6.45, 7) is 4.06. The van der Waals surface area contributed by atoms with Gasteiger partial charge in [-0.25, -0.2) is 0 Å². The van der Waals surface area contributed by atoms with Crippen molar-refractivity contribution in [1.82, 2.24) is 10.1 Å². The first kappa shape index (κ1) is 11.8. The van der Waals surface area contributed by atoms with Crippen molar-refractivity contribution in [2.75, 3.05) is 0 Å². The lowest BCUT2D eigenvalue weighted by Crippen LogP contribution is -2.18. The van der Waals surface area contributed by atoms with Crippen LogP contribution in [-0.4, -0.2) is 10.1 Å². The van der Waals surface area contributed by atoms with Crippen molar-refractivity contribution in [3.63, 3.8) is 0 Å². The molecule has 2 rings (SSSR count). The van der Waals surface area contributed by atoms with Crippen LogP contribution in [0.5, 0.6) is 0 Å². The van der Waals surface area contributed by atoms with E-state index in [1.807, 2.05) is 26.0 Å². The first-order valence-electron chi connectivity index (χ1n) is 4.93. The fraction of sp³-hybridized carbons (Fsp3) is 0.400. The van der Waals surface area contributed by atoms with Gasteiger partial charge >= 0.3 is 0 Å². The van der Waals surface area contributed by atoms with Crippen molar-refractivity contribution in [1.29, 1.82) is 0 Å². The number of aromatic nitrogens is 2. The molecule has 16 heavy (non-hydrogen) atoms. The van der Waals surface area contributed by atoms with E-state index in [1.54, 1.807) is 11.3 Å². The molecule has 0 bridgehead atoms. The highest BCUT2D eigenvalue weighted by Crippen LogP contribution is 2.30. The molecule has 0 fully saturated rings. The molecular weight excluding hydrogens is 290 g/mol. The average molecular weight is 302 g/mol. The standard InChI is InChI=1S/C10H12BrN3OS/c1-5(2)8(12)9-13-10(15-14-9)6-3-4-7(11)16-6/h3-5,8H,12H2,1-2H3. The van der Waals surface area contributed by atoms with Gasteiger partial charge < -0.3 is 10.3 Å². The van der Waals surface area contributed by atoms with Gasteiger partial charge in [-0.15, -0.1) is 11.3 Å². The molecule has 0 saturated carbocycles. The second-order valence-electron chi connectivity index (χ2n) is 3.83. The lowest BCUT2D eigenvalue weighted by molar-refractivity contribution is 0.400. The molecule has 1 unspecified atom stereocenters. The minimum Gasteiger partial charge on any atom is -0.333 e. The van der Waals surface area contributed by atoms with Crippen LogP contribution in [0.2, 0.25) is 0 Å². The van der Waals surface area contributed by atoms with Crippen molar-refractivity contribution in [3.05, 3.63) is 21.7 Å². The van der Waals surface area contributed by atoms with Crippen LogP contribution in [0.3, 0.4) is 0 Å². The Hall–Kier alpha value is -0.720. The zero-order valence-corrected chi connectivity index (χ0v) is 11.4. The summed E-state index contributed by atoms with van der Waals surface area (Å²) in [6.07, 6.45) is 0. The number of halogens is 1. The Morgan fingerprint density at radius 3 is 2.75 bits per heavy atom. The minimum absolute atomic E-state index is 0.180. The summed E-state index contributed by atoms with van der Waals surface area (Å²) in [5, 5.41) is 3.90. The molecule has 2 aromatic rings. The summed E-state index contributed by atoms with van der Waals surface area (Å²) in [6, 6.07) is 3.71. The van der Waals surface area contributed by atoms with Crippen molar-refractivity contribution in [2.24, 2.45) is 11.7 Å². The van der Waals surface area contributed by atoms with E-state index in [4.69, 9.17) is 10.3 Å². The molecular formula is C10H12BrN3OS. The molecule has 2 aromatic heterocycles. The van der Waals surface area contributed by atoms with Gasteiger partial charge in [0.15, 0.2) is 5.82 Å². The van der Waals surface area contributed by atoms with E-state index in [0.717, 1.165) is 8.66 Å². The van der Waals surface area contributed by atoms with Gasteiger partial charge in [-0.2, -0.15) is 4.98 Å². The molecule has 6 heteroatoms. The molecule has 0 aliphatic carbocycles. The van der Waals surface area contributed by atoms with E-state index in [9.17, 15) is 0 Å². The third kappa shape index (κ3) is 2.34. The third-order valence-corrected chi connectivity index (χ3v) is 3.85. The first-order valence-corrected chi connectivity index (χ1v) is 6.53. The SMILES string of the molecule is CC(C)C(N)c1noc(-c2ccc(Br)s2)n1. The smallest absolute Gasteiger partial charge is 0.268 e. The predicted octanol–water partition coefficient (Wildman–Crippen LogP) is 3.22. The summed E-state index contributed by atoms with van der Waals surface area (Å²) in [5.41, 5.74) is 5.94. The first-order chi connectivity index (χ1) is 7.58. The molecule has 0 aliphatic heterocycles. The number of hydrogen-bond donors (Lipinski definition) is 1. The molecule has 0 radical (unpaired) electrons. The quantitative estimate of drug-likeness (QED) is 0.945. The van der Waals surface area contributed by atoms with Gasteiger partial charge in [0.2, 0.25) is 0 Å².